The molecule has 0 radical (unpaired) electrons. The van der Waals surface area contributed by atoms with Crippen molar-refractivity contribution < 1.29 is 27.6 Å². The first-order valence-corrected chi connectivity index (χ1v) is 10.7. The largest absolute Gasteiger partial charge is 0.471 e. The number of hydrogen-bond acceptors (Lipinski definition) is 3. The summed E-state index contributed by atoms with van der Waals surface area (Å²) in [5.41, 5.74) is 2.26. The highest BCUT2D eigenvalue weighted by Gasteiger charge is 2.44. The van der Waals surface area contributed by atoms with Gasteiger partial charge in [0.15, 0.2) is 0 Å². The van der Waals surface area contributed by atoms with Crippen LogP contribution in [0.25, 0.3) is 0 Å². The molecule has 33 heavy (non-hydrogen) atoms. The van der Waals surface area contributed by atoms with Gasteiger partial charge in [-0.2, -0.15) is 13.2 Å². The monoisotopic (exact) mass is 461 g/mol. The Morgan fingerprint density at radius 3 is 2.18 bits per heavy atom. The topological polar surface area (TPSA) is 78.5 Å². The van der Waals surface area contributed by atoms with Gasteiger partial charge in [0.05, 0.1) is 0 Å². The van der Waals surface area contributed by atoms with E-state index in [9.17, 15) is 27.6 Å². The molecule has 0 saturated carbocycles. The van der Waals surface area contributed by atoms with Crippen LogP contribution in [0.5, 0.6) is 0 Å². The zero-order valence-corrected chi connectivity index (χ0v) is 18.4. The molecule has 1 aliphatic heterocycles. The number of rotatable bonds is 7. The van der Waals surface area contributed by atoms with Crippen molar-refractivity contribution in [1.82, 2.24) is 10.2 Å². The summed E-state index contributed by atoms with van der Waals surface area (Å²) in [6.45, 7) is 4.32. The second-order valence-electron chi connectivity index (χ2n) is 8.32. The Labute approximate surface area is 190 Å². The van der Waals surface area contributed by atoms with E-state index in [1.54, 1.807) is 47.8 Å². The second-order valence-corrected chi connectivity index (χ2v) is 8.32. The van der Waals surface area contributed by atoms with Crippen molar-refractivity contribution in [2.45, 2.75) is 50.9 Å². The molecule has 2 N–H and O–H groups in total. The third-order valence-corrected chi connectivity index (χ3v) is 5.59. The van der Waals surface area contributed by atoms with Gasteiger partial charge in [0.1, 0.15) is 12.1 Å². The summed E-state index contributed by atoms with van der Waals surface area (Å²) in [6, 6.07) is 13.5. The lowest BCUT2D eigenvalue weighted by atomic mass is 9.97. The molecule has 3 amide bonds. The van der Waals surface area contributed by atoms with E-state index in [1.807, 2.05) is 12.1 Å². The highest BCUT2D eigenvalue weighted by molar-refractivity contribution is 5.99. The Bertz CT molecular complexity index is 992. The summed E-state index contributed by atoms with van der Waals surface area (Å²) >= 11 is 0. The van der Waals surface area contributed by atoms with E-state index in [4.69, 9.17) is 0 Å². The van der Waals surface area contributed by atoms with Gasteiger partial charge < -0.3 is 15.5 Å². The standard InChI is InChI=1S/C24H26F3N3O3/c1-15(2)17-8-10-18(11-9-17)28-21(31)20-12-13-30(20)22(32)19(29-23(33)24(25,26)27)14-16-6-4-3-5-7-16/h3-11,15,19-20H,12-14H2,1-2H3,(H,28,31)(H,29,33)/t19-,20-/m0/s1. The number of nitrogens with zero attached hydrogens (tertiary/aromatic N) is 1. The smallest absolute Gasteiger partial charge is 0.336 e. The van der Waals surface area contributed by atoms with Gasteiger partial charge in [-0.25, -0.2) is 0 Å². The average molecular weight is 461 g/mol. The van der Waals surface area contributed by atoms with Crippen molar-refractivity contribution in [2.24, 2.45) is 0 Å². The van der Waals surface area contributed by atoms with Crippen LogP contribution in [0.15, 0.2) is 54.6 Å². The maximum absolute atomic E-state index is 13.0. The van der Waals surface area contributed by atoms with Gasteiger partial charge in [-0.3, -0.25) is 14.4 Å². The van der Waals surface area contributed by atoms with Crippen molar-refractivity contribution in [3.8, 4) is 0 Å². The second kappa shape index (κ2) is 10.1. The lowest BCUT2D eigenvalue weighted by Gasteiger charge is -2.41. The molecule has 2 atom stereocenters. The molecule has 6 nitrogen and oxygen atoms in total. The van der Waals surface area contributed by atoms with E-state index in [0.29, 0.717) is 23.6 Å². The van der Waals surface area contributed by atoms with E-state index in [2.05, 4.69) is 19.2 Å². The maximum atomic E-state index is 13.0. The Morgan fingerprint density at radius 2 is 1.67 bits per heavy atom. The number of alkyl halides is 3. The minimum atomic E-state index is -5.12. The molecule has 1 saturated heterocycles. The Kier molecular flexibility index (Phi) is 7.40. The number of amides is 3. The van der Waals surface area contributed by atoms with Gasteiger partial charge >= 0.3 is 12.1 Å². The lowest BCUT2D eigenvalue weighted by Crippen LogP contribution is -2.62. The first kappa shape index (κ1) is 24.3. The van der Waals surface area contributed by atoms with E-state index in [-0.39, 0.29) is 13.0 Å². The number of anilines is 1. The summed E-state index contributed by atoms with van der Waals surface area (Å²) in [7, 11) is 0. The van der Waals surface area contributed by atoms with E-state index >= 15 is 0 Å². The zero-order chi connectivity index (χ0) is 24.2. The van der Waals surface area contributed by atoms with Crippen molar-refractivity contribution >= 4 is 23.4 Å². The first-order valence-electron chi connectivity index (χ1n) is 10.7. The maximum Gasteiger partial charge on any atom is 0.471 e. The molecule has 2 aromatic rings. The Hall–Kier alpha value is -3.36. The number of carbonyl (C=O) groups is 3. The zero-order valence-electron chi connectivity index (χ0n) is 18.4. The molecule has 176 valence electrons. The van der Waals surface area contributed by atoms with Crippen LogP contribution in [-0.4, -0.2) is 47.4 Å². The highest BCUT2D eigenvalue weighted by atomic mass is 19.4. The van der Waals surface area contributed by atoms with Gasteiger partial charge in [-0.15, -0.1) is 0 Å². The molecule has 9 heteroatoms. The molecule has 2 aromatic carbocycles. The Morgan fingerprint density at radius 1 is 1.03 bits per heavy atom. The van der Waals surface area contributed by atoms with Crippen LogP contribution in [0.4, 0.5) is 18.9 Å². The lowest BCUT2D eigenvalue weighted by molar-refractivity contribution is -0.175. The molecular formula is C24H26F3N3O3. The van der Waals surface area contributed by atoms with Crippen LogP contribution < -0.4 is 10.6 Å². The van der Waals surface area contributed by atoms with Crippen LogP contribution in [0.2, 0.25) is 0 Å². The van der Waals surface area contributed by atoms with Gasteiger partial charge in [-0.1, -0.05) is 56.3 Å². The molecule has 1 aliphatic rings. The third kappa shape index (κ3) is 6.12. The number of hydrogen-bond donors (Lipinski definition) is 2. The summed E-state index contributed by atoms with van der Waals surface area (Å²) in [5.74, 6) is -3.00. The van der Waals surface area contributed by atoms with Gasteiger partial charge in [0, 0.05) is 18.7 Å². The first-order chi connectivity index (χ1) is 15.6. The summed E-state index contributed by atoms with van der Waals surface area (Å²) in [6.07, 6.45) is -4.86. The summed E-state index contributed by atoms with van der Waals surface area (Å²) in [4.78, 5) is 38.5. The van der Waals surface area contributed by atoms with Gasteiger partial charge in [0.2, 0.25) is 11.8 Å². The van der Waals surface area contributed by atoms with Crippen molar-refractivity contribution in [3.63, 3.8) is 0 Å². The fraction of sp³-hybridized carbons (Fsp3) is 0.375. The predicted octanol–water partition coefficient (Wildman–Crippen LogP) is 3.64. The summed E-state index contributed by atoms with van der Waals surface area (Å²) < 4.78 is 38.5. The molecule has 0 bridgehead atoms. The van der Waals surface area contributed by atoms with Crippen LogP contribution in [0.1, 0.15) is 37.3 Å². The van der Waals surface area contributed by atoms with Crippen LogP contribution in [-0.2, 0) is 20.8 Å². The Balaban J connectivity index is 1.70. The minimum Gasteiger partial charge on any atom is -0.336 e. The van der Waals surface area contributed by atoms with Crippen LogP contribution in [0, 0.1) is 0 Å². The molecule has 0 spiro atoms. The SMILES string of the molecule is CC(C)c1ccc(NC(=O)[C@@H]2CCN2C(=O)[C@H](Cc2ccccc2)NC(=O)C(F)(F)F)cc1. The number of nitrogens with one attached hydrogen (secondary N) is 2. The average Bonchev–Trinajstić information content (AvgIpc) is 2.72. The molecule has 1 heterocycles. The van der Waals surface area contributed by atoms with Crippen molar-refractivity contribution in [1.29, 1.82) is 0 Å². The molecule has 0 aliphatic carbocycles. The fourth-order valence-electron chi connectivity index (χ4n) is 3.59. The van der Waals surface area contributed by atoms with E-state index < -0.39 is 36.0 Å². The minimum absolute atomic E-state index is 0.122. The molecule has 1 fully saturated rings. The van der Waals surface area contributed by atoms with E-state index in [1.165, 1.54) is 4.90 Å². The number of likely N-dealkylation sites (tertiary alicyclic amines) is 1. The summed E-state index contributed by atoms with van der Waals surface area (Å²) in [5, 5.41) is 4.54. The van der Waals surface area contributed by atoms with Crippen molar-refractivity contribution in [2.75, 3.05) is 11.9 Å². The van der Waals surface area contributed by atoms with Crippen LogP contribution in [0.3, 0.4) is 0 Å². The van der Waals surface area contributed by atoms with E-state index in [0.717, 1.165) is 5.56 Å². The van der Waals surface area contributed by atoms with Gasteiger partial charge in [-0.05, 0) is 35.6 Å². The quantitative estimate of drug-likeness (QED) is 0.661. The molecule has 0 unspecified atom stereocenters. The number of halogens is 3. The van der Waals surface area contributed by atoms with Crippen LogP contribution >= 0.6 is 0 Å². The predicted molar refractivity (Wildman–Crippen MR) is 117 cm³/mol. The fourth-order valence-corrected chi connectivity index (χ4v) is 3.59. The molecular weight excluding hydrogens is 435 g/mol. The normalized spacial score (nSPS) is 16.7. The van der Waals surface area contributed by atoms with Crippen molar-refractivity contribution in [3.05, 3.63) is 65.7 Å². The molecule has 0 aromatic heterocycles. The highest BCUT2D eigenvalue weighted by Crippen LogP contribution is 2.23. The van der Waals surface area contributed by atoms with Gasteiger partial charge in [0.25, 0.3) is 0 Å². The molecule has 3 rings (SSSR count). The number of carbonyl (C=O) groups excluding carboxylic acids is 3. The number of benzene rings is 2. The third-order valence-electron chi connectivity index (χ3n) is 5.59.